The van der Waals surface area contributed by atoms with Crippen LogP contribution in [0.1, 0.15) is 87.8 Å². The molecule has 0 fully saturated rings. The van der Waals surface area contributed by atoms with Crippen molar-refractivity contribution in [3.63, 3.8) is 0 Å². The minimum Gasteiger partial charge on any atom is -0.207 e. The van der Waals surface area contributed by atoms with Gasteiger partial charge in [0.05, 0.1) is 0 Å². The first-order valence-corrected chi connectivity index (χ1v) is 18.9. The van der Waals surface area contributed by atoms with Crippen molar-refractivity contribution in [3.05, 3.63) is 112 Å². The summed E-state index contributed by atoms with van der Waals surface area (Å²) in [5.74, 6) is 4.05. The SMILES string of the molecule is Cc1c(F)cc(-c2ccc(C#CCCCCCC(C)CCCCCC#Cc3ccc(-c4cc(F)c(S(F)(F)(F)(F)F)c(F)c4)c(F)c3)cc2F)cc1F. The molecule has 284 valence electrons. The molecule has 0 aliphatic heterocycles. The maximum absolute atomic E-state index is 14.7. The zero-order chi connectivity index (χ0) is 39.0. The Morgan fingerprint density at radius 3 is 1.28 bits per heavy atom. The van der Waals surface area contributed by atoms with E-state index in [1.807, 2.05) is 0 Å². The molecule has 0 amide bonds. The molecule has 0 nitrogen and oxygen atoms in total. The van der Waals surface area contributed by atoms with Gasteiger partial charge in [-0.05, 0) is 85.3 Å². The van der Waals surface area contributed by atoms with E-state index in [0.29, 0.717) is 24.3 Å². The Bertz CT molecular complexity index is 2040. The fraction of sp³-hybridized carbons (Fsp3) is 0.317. The first kappa shape index (κ1) is 41.3. The normalized spacial score (nSPS) is 13.3. The molecule has 0 bridgehead atoms. The van der Waals surface area contributed by atoms with Crippen LogP contribution in [0.4, 0.5) is 45.8 Å². The summed E-state index contributed by atoms with van der Waals surface area (Å²) in [4.78, 5) is -3.26. The third-order valence-corrected chi connectivity index (χ3v) is 9.85. The first-order valence-electron chi connectivity index (χ1n) is 17.0. The van der Waals surface area contributed by atoms with Crippen LogP contribution in [0.15, 0.2) is 65.6 Å². The van der Waals surface area contributed by atoms with Gasteiger partial charge in [-0.2, -0.15) is 0 Å². The summed E-state index contributed by atoms with van der Waals surface area (Å²) < 4.78 is 150. The third kappa shape index (κ3) is 11.8. The smallest absolute Gasteiger partial charge is 0.207 e. The van der Waals surface area contributed by atoms with Crippen molar-refractivity contribution < 1.29 is 45.8 Å². The molecule has 0 heterocycles. The lowest BCUT2D eigenvalue weighted by molar-refractivity contribution is 0.345. The molecule has 1 unspecified atom stereocenters. The molecule has 0 N–H and O–H groups in total. The molecular weight excluding hydrogens is 733 g/mol. The molecule has 1 atom stereocenters. The second kappa shape index (κ2) is 16.3. The first-order chi connectivity index (χ1) is 24.7. The van der Waals surface area contributed by atoms with E-state index in [9.17, 15) is 45.8 Å². The third-order valence-electron chi connectivity index (χ3n) is 8.69. The van der Waals surface area contributed by atoms with E-state index < -0.39 is 61.1 Å². The minimum atomic E-state index is -10.6. The average Bonchev–Trinajstić information content (AvgIpc) is 3.04. The predicted molar refractivity (Wildman–Crippen MR) is 189 cm³/mol. The monoisotopic (exact) mass is 770 g/mol. The average molecular weight is 771 g/mol. The van der Waals surface area contributed by atoms with Crippen molar-refractivity contribution in [2.24, 2.45) is 5.92 Å². The Labute approximate surface area is 302 Å². The molecule has 0 spiro atoms. The highest BCUT2D eigenvalue weighted by Crippen LogP contribution is 3.02. The number of rotatable bonds is 13. The van der Waals surface area contributed by atoms with Gasteiger partial charge >= 0.3 is 10.2 Å². The van der Waals surface area contributed by atoms with E-state index in [-0.39, 0.29) is 34.4 Å². The highest BCUT2D eigenvalue weighted by atomic mass is 32.5. The zero-order valence-corrected chi connectivity index (χ0v) is 29.8. The van der Waals surface area contributed by atoms with E-state index in [1.54, 1.807) is 6.07 Å². The van der Waals surface area contributed by atoms with Crippen molar-refractivity contribution in [2.75, 3.05) is 0 Å². The molecule has 0 aromatic heterocycles. The Hall–Kier alpha value is -4.42. The lowest BCUT2D eigenvalue weighted by atomic mass is 9.96. The fourth-order valence-electron chi connectivity index (χ4n) is 5.78. The van der Waals surface area contributed by atoms with E-state index in [2.05, 4.69) is 30.6 Å². The molecule has 12 heteroatoms. The van der Waals surface area contributed by atoms with Gasteiger partial charge in [0.15, 0.2) is 4.90 Å². The molecular formula is C41H37F11S. The highest BCUT2D eigenvalue weighted by Gasteiger charge is 2.68. The lowest BCUT2D eigenvalue weighted by Crippen LogP contribution is -2.11. The van der Waals surface area contributed by atoms with Crippen molar-refractivity contribution in [3.8, 4) is 45.9 Å². The van der Waals surface area contributed by atoms with Crippen LogP contribution in [0.25, 0.3) is 22.3 Å². The summed E-state index contributed by atoms with van der Waals surface area (Å²) in [5, 5.41) is 0. The van der Waals surface area contributed by atoms with Crippen LogP contribution in [-0.4, -0.2) is 0 Å². The lowest BCUT2D eigenvalue weighted by Gasteiger charge is -2.40. The van der Waals surface area contributed by atoms with E-state index >= 15 is 0 Å². The summed E-state index contributed by atoms with van der Waals surface area (Å²) in [6, 6.07) is 9.95. The summed E-state index contributed by atoms with van der Waals surface area (Å²) in [5.41, 5.74) is -0.313. The number of halogens is 11. The van der Waals surface area contributed by atoms with Gasteiger partial charge in [0.25, 0.3) is 0 Å². The fourth-order valence-corrected chi connectivity index (χ4v) is 6.63. The number of hydrogen-bond donors (Lipinski definition) is 0. The molecule has 0 aliphatic carbocycles. The number of benzene rings is 4. The number of unbranched alkanes of at least 4 members (excludes halogenated alkanes) is 6. The molecule has 53 heavy (non-hydrogen) atoms. The molecule has 4 rings (SSSR count). The maximum atomic E-state index is 14.7. The zero-order valence-electron chi connectivity index (χ0n) is 29.0. The van der Waals surface area contributed by atoms with Crippen molar-refractivity contribution in [1.82, 2.24) is 0 Å². The predicted octanol–water partition coefficient (Wildman–Crippen LogP) is 14.8. The molecule has 0 radical (unpaired) electrons. The minimum absolute atomic E-state index is 0.0250. The maximum Gasteiger partial charge on any atom is 0.315 e. The van der Waals surface area contributed by atoms with Gasteiger partial charge in [0.2, 0.25) is 0 Å². The van der Waals surface area contributed by atoms with Crippen LogP contribution in [0.3, 0.4) is 0 Å². The summed E-state index contributed by atoms with van der Waals surface area (Å²) in [7, 11) is -10.6. The largest absolute Gasteiger partial charge is 0.315 e. The Morgan fingerprint density at radius 2 is 0.906 bits per heavy atom. The Kier molecular flexibility index (Phi) is 12.7. The van der Waals surface area contributed by atoms with Gasteiger partial charge in [-0.15, -0.1) is 0 Å². The van der Waals surface area contributed by atoms with Crippen molar-refractivity contribution in [1.29, 1.82) is 0 Å². The Morgan fingerprint density at radius 1 is 0.509 bits per heavy atom. The van der Waals surface area contributed by atoms with Crippen molar-refractivity contribution in [2.45, 2.75) is 83.0 Å². The van der Waals surface area contributed by atoms with Gasteiger partial charge in [-0.1, -0.05) is 101 Å². The molecule has 0 saturated carbocycles. The van der Waals surface area contributed by atoms with E-state index in [4.69, 9.17) is 0 Å². The molecule has 0 aliphatic rings. The topological polar surface area (TPSA) is 0 Å². The number of hydrogen-bond acceptors (Lipinski definition) is 0. The van der Waals surface area contributed by atoms with Gasteiger partial charge in [-0.25, -0.2) is 26.3 Å². The standard InChI is InChI=1S/C41H37F11S/c1-27(13-9-5-3-7-11-15-29-17-19-33(37(44)21-29)31-23-35(42)28(2)36(43)24-31)14-10-6-4-8-12-16-30-18-20-34(38(45)22-30)32-25-39(46)41(40(47)26-32)53(48,49,50,51)52/h17-27H,3-10,13-14H2,1-2H3. The van der Waals surface area contributed by atoms with Crippen LogP contribution in [0.5, 0.6) is 0 Å². The van der Waals surface area contributed by atoms with Crippen LogP contribution in [0, 0.1) is 71.4 Å². The van der Waals surface area contributed by atoms with Crippen LogP contribution in [-0.2, 0) is 0 Å². The van der Waals surface area contributed by atoms with Gasteiger partial charge in [0, 0.05) is 40.7 Å². The van der Waals surface area contributed by atoms with Gasteiger partial charge in [0.1, 0.15) is 34.9 Å². The highest BCUT2D eigenvalue weighted by molar-refractivity contribution is 8.45. The summed E-state index contributed by atoms with van der Waals surface area (Å²) >= 11 is 0. The molecule has 4 aromatic rings. The summed E-state index contributed by atoms with van der Waals surface area (Å²) in [6.45, 7) is 3.51. The van der Waals surface area contributed by atoms with Crippen LogP contribution in [0.2, 0.25) is 0 Å². The summed E-state index contributed by atoms with van der Waals surface area (Å²) in [6.07, 6.45) is 9.04. The molecule has 0 saturated heterocycles. The van der Waals surface area contributed by atoms with Gasteiger partial charge in [-0.3, -0.25) is 0 Å². The molecule has 4 aromatic carbocycles. The van der Waals surface area contributed by atoms with Gasteiger partial charge < -0.3 is 0 Å². The van der Waals surface area contributed by atoms with Crippen molar-refractivity contribution >= 4 is 10.2 Å². The van der Waals surface area contributed by atoms with E-state index in [0.717, 1.165) is 75.6 Å². The van der Waals surface area contributed by atoms with E-state index in [1.165, 1.54) is 25.1 Å². The second-order valence-electron chi connectivity index (χ2n) is 13.1. The Balaban J connectivity index is 1.12. The quantitative estimate of drug-likeness (QED) is 0.0722. The second-order valence-corrected chi connectivity index (χ2v) is 15.4. The van der Waals surface area contributed by atoms with Crippen LogP contribution >= 0.6 is 10.2 Å². The van der Waals surface area contributed by atoms with Crippen LogP contribution < -0.4 is 0 Å².